The Morgan fingerprint density at radius 2 is 1.51 bits per heavy atom. The van der Waals surface area contributed by atoms with Crippen molar-refractivity contribution in [3.05, 3.63) is 131 Å². The Morgan fingerprint density at radius 1 is 0.878 bits per heavy atom. The molecule has 9 nitrogen and oxygen atoms in total. The molecule has 5 aromatic rings. The molecule has 4 aromatic carbocycles. The Kier molecular flexibility index (Phi) is 11.2. The number of oxazole rings is 1. The van der Waals surface area contributed by atoms with Crippen LogP contribution in [0.5, 0.6) is 0 Å². The molecule has 0 radical (unpaired) electrons. The molecular weight excluding hydrogens is 641 g/mol. The van der Waals surface area contributed by atoms with E-state index in [0.717, 1.165) is 44.8 Å². The van der Waals surface area contributed by atoms with E-state index in [1.807, 2.05) is 109 Å². The lowest BCUT2D eigenvalue weighted by Crippen LogP contribution is -2.35. The standard InChI is InChI=1S/C39H38N2O7S/c1-25(45-26(2)43)37(44)40-22-27-13-19-32(20-14-27)38-46-33(21-34(47-38)29-17-15-28(23-42)16-18-29)24-49-39-41-35(30-9-5-3-6-10-30)36(48-39)31-11-7-4-8-12-31/h3-20,25,33-34,38,42H,21-24H2,1-2H3,(H,40,44). The summed E-state index contributed by atoms with van der Waals surface area (Å²) < 4.78 is 24.4. The lowest BCUT2D eigenvalue weighted by molar-refractivity contribution is -0.245. The summed E-state index contributed by atoms with van der Waals surface area (Å²) in [5.74, 6) is 0.428. The van der Waals surface area contributed by atoms with Gasteiger partial charge in [0.25, 0.3) is 11.1 Å². The van der Waals surface area contributed by atoms with Gasteiger partial charge in [0.2, 0.25) is 0 Å². The number of hydrogen-bond acceptors (Lipinski definition) is 9. The first-order valence-electron chi connectivity index (χ1n) is 16.1. The van der Waals surface area contributed by atoms with Gasteiger partial charge < -0.3 is 29.1 Å². The number of amides is 1. The van der Waals surface area contributed by atoms with E-state index in [1.165, 1.54) is 25.6 Å². The fraction of sp³-hybridized carbons (Fsp3) is 0.256. The number of carbonyl (C=O) groups excluding carboxylic acids is 2. The van der Waals surface area contributed by atoms with Crippen molar-refractivity contribution in [1.29, 1.82) is 0 Å². The number of carbonyl (C=O) groups is 2. The quantitative estimate of drug-likeness (QED) is 0.103. The van der Waals surface area contributed by atoms with Crippen LogP contribution < -0.4 is 5.32 Å². The molecule has 1 saturated heterocycles. The van der Waals surface area contributed by atoms with Gasteiger partial charge >= 0.3 is 5.97 Å². The van der Waals surface area contributed by atoms with E-state index in [4.69, 9.17) is 23.6 Å². The lowest BCUT2D eigenvalue weighted by Gasteiger charge is -2.36. The molecule has 0 bridgehead atoms. The molecule has 1 aliphatic heterocycles. The first kappa shape index (κ1) is 34.1. The van der Waals surface area contributed by atoms with Crippen molar-refractivity contribution in [2.75, 3.05) is 5.75 Å². The van der Waals surface area contributed by atoms with Crippen molar-refractivity contribution >= 4 is 23.6 Å². The normalized spacial score (nSPS) is 18.1. The summed E-state index contributed by atoms with van der Waals surface area (Å²) in [5, 5.41) is 12.9. The second-order valence-electron chi connectivity index (χ2n) is 11.8. The van der Waals surface area contributed by atoms with Crippen LogP contribution in [0.25, 0.3) is 22.6 Å². The molecule has 0 spiro atoms. The third-order valence-corrected chi connectivity index (χ3v) is 9.09. The molecule has 2 N–H and O–H groups in total. The summed E-state index contributed by atoms with van der Waals surface area (Å²) in [6, 6.07) is 35.4. The van der Waals surface area contributed by atoms with Crippen LogP contribution in [0.1, 0.15) is 54.9 Å². The third kappa shape index (κ3) is 8.84. The van der Waals surface area contributed by atoms with Crippen molar-refractivity contribution in [2.24, 2.45) is 0 Å². The summed E-state index contributed by atoms with van der Waals surface area (Å²) in [7, 11) is 0. The van der Waals surface area contributed by atoms with Crippen LogP contribution in [0.3, 0.4) is 0 Å². The maximum absolute atomic E-state index is 12.3. The predicted octanol–water partition coefficient (Wildman–Crippen LogP) is 7.41. The molecule has 10 heteroatoms. The first-order valence-corrected chi connectivity index (χ1v) is 17.1. The molecule has 4 unspecified atom stereocenters. The number of hydrogen-bond donors (Lipinski definition) is 2. The Labute approximate surface area is 289 Å². The lowest BCUT2D eigenvalue weighted by atomic mass is 10.0. The van der Waals surface area contributed by atoms with E-state index in [1.54, 1.807) is 0 Å². The Bertz CT molecular complexity index is 1770. The van der Waals surface area contributed by atoms with Crippen molar-refractivity contribution in [2.45, 2.75) is 63.2 Å². The molecule has 0 aliphatic carbocycles. The van der Waals surface area contributed by atoms with E-state index in [2.05, 4.69) is 5.32 Å². The Morgan fingerprint density at radius 3 is 2.16 bits per heavy atom. The van der Waals surface area contributed by atoms with Gasteiger partial charge in [-0.25, -0.2) is 4.98 Å². The molecule has 4 atom stereocenters. The maximum Gasteiger partial charge on any atom is 0.303 e. The molecule has 0 saturated carbocycles. The fourth-order valence-corrected chi connectivity index (χ4v) is 6.40. The molecule has 1 aromatic heterocycles. The molecule has 2 heterocycles. The van der Waals surface area contributed by atoms with Gasteiger partial charge in [0.15, 0.2) is 18.2 Å². The molecule has 6 rings (SSSR count). The van der Waals surface area contributed by atoms with E-state index in [0.29, 0.717) is 17.4 Å². The number of nitrogens with zero attached hydrogens (tertiary/aromatic N) is 1. The average molecular weight is 679 g/mol. The summed E-state index contributed by atoms with van der Waals surface area (Å²) in [5.41, 5.74) is 6.26. The highest BCUT2D eigenvalue weighted by Crippen LogP contribution is 2.41. The highest BCUT2D eigenvalue weighted by molar-refractivity contribution is 7.99. The van der Waals surface area contributed by atoms with Crippen LogP contribution in [-0.4, -0.2) is 39.9 Å². The van der Waals surface area contributed by atoms with Crippen molar-refractivity contribution in [1.82, 2.24) is 10.3 Å². The van der Waals surface area contributed by atoms with Crippen molar-refractivity contribution in [3.63, 3.8) is 0 Å². The van der Waals surface area contributed by atoms with Gasteiger partial charge in [0.1, 0.15) is 5.69 Å². The van der Waals surface area contributed by atoms with Crippen molar-refractivity contribution in [3.8, 4) is 22.6 Å². The summed E-state index contributed by atoms with van der Waals surface area (Å²) in [6.45, 7) is 3.06. The van der Waals surface area contributed by atoms with E-state index in [9.17, 15) is 14.7 Å². The van der Waals surface area contributed by atoms with Gasteiger partial charge in [-0.2, -0.15) is 0 Å². The van der Waals surface area contributed by atoms with Crippen LogP contribution in [0.2, 0.25) is 0 Å². The molecule has 1 amide bonds. The summed E-state index contributed by atoms with van der Waals surface area (Å²) in [4.78, 5) is 28.4. The molecule has 1 fully saturated rings. The monoisotopic (exact) mass is 678 g/mol. The summed E-state index contributed by atoms with van der Waals surface area (Å²) in [6.07, 6.45) is -1.34. The zero-order valence-electron chi connectivity index (χ0n) is 27.3. The number of nitrogens with one attached hydrogen (secondary N) is 1. The first-order chi connectivity index (χ1) is 23.9. The van der Waals surface area contributed by atoms with Gasteiger partial charge in [-0.3, -0.25) is 9.59 Å². The number of benzene rings is 4. The molecule has 49 heavy (non-hydrogen) atoms. The van der Waals surface area contributed by atoms with E-state index in [-0.39, 0.29) is 31.3 Å². The average Bonchev–Trinajstić information content (AvgIpc) is 3.58. The number of esters is 1. The zero-order valence-corrected chi connectivity index (χ0v) is 28.1. The van der Waals surface area contributed by atoms with Crippen molar-refractivity contribution < 1.29 is 33.3 Å². The Balaban J connectivity index is 1.18. The predicted molar refractivity (Wildman–Crippen MR) is 186 cm³/mol. The van der Waals surface area contributed by atoms with Gasteiger partial charge in [0.05, 0.1) is 18.8 Å². The highest BCUT2D eigenvalue weighted by atomic mass is 32.2. The fourth-order valence-electron chi connectivity index (χ4n) is 5.55. The second-order valence-corrected chi connectivity index (χ2v) is 12.7. The number of aliphatic hydroxyl groups excluding tert-OH is 1. The number of thioether (sulfide) groups is 1. The van der Waals surface area contributed by atoms with Gasteiger partial charge in [0, 0.05) is 42.3 Å². The molecule has 252 valence electrons. The summed E-state index contributed by atoms with van der Waals surface area (Å²) >= 11 is 1.51. The zero-order chi connectivity index (χ0) is 34.2. The van der Waals surface area contributed by atoms with Gasteiger partial charge in [-0.05, 0) is 23.6 Å². The number of rotatable bonds is 12. The second kappa shape index (κ2) is 16.1. The smallest absolute Gasteiger partial charge is 0.303 e. The molecule has 1 aliphatic rings. The Hall–Kier alpha value is -4.74. The molecular formula is C39H38N2O7S. The minimum Gasteiger partial charge on any atom is -0.453 e. The SMILES string of the molecule is CC(=O)OC(C)C(=O)NCc1ccc(C2OC(CSc3nc(-c4ccccc4)c(-c4ccccc4)o3)CC(c3ccc(CO)cc3)O2)cc1. The van der Waals surface area contributed by atoms with Crippen LogP contribution in [-0.2, 0) is 37.0 Å². The minimum atomic E-state index is -0.870. The third-order valence-electron chi connectivity index (χ3n) is 8.13. The number of ether oxygens (including phenoxy) is 3. The maximum atomic E-state index is 12.3. The van der Waals surface area contributed by atoms with E-state index >= 15 is 0 Å². The van der Waals surface area contributed by atoms with Crippen LogP contribution >= 0.6 is 11.8 Å². The highest BCUT2D eigenvalue weighted by Gasteiger charge is 2.33. The van der Waals surface area contributed by atoms with Crippen LogP contribution in [0, 0.1) is 0 Å². The topological polar surface area (TPSA) is 120 Å². The van der Waals surface area contributed by atoms with Crippen LogP contribution in [0.4, 0.5) is 0 Å². The van der Waals surface area contributed by atoms with Crippen LogP contribution in [0.15, 0.2) is 119 Å². The van der Waals surface area contributed by atoms with Gasteiger partial charge in [-0.15, -0.1) is 0 Å². The largest absolute Gasteiger partial charge is 0.453 e. The number of aromatic nitrogens is 1. The number of aliphatic hydroxyl groups is 1. The van der Waals surface area contributed by atoms with E-state index < -0.39 is 18.4 Å². The van der Waals surface area contributed by atoms with Gasteiger partial charge in [-0.1, -0.05) is 121 Å². The minimum absolute atomic E-state index is 0.0294.